The van der Waals surface area contributed by atoms with Crippen molar-refractivity contribution in [2.45, 2.75) is 40.2 Å². The Morgan fingerprint density at radius 3 is 2.80 bits per heavy atom. The third kappa shape index (κ3) is 6.55. The Hall–Kier alpha value is -2.40. The number of allylic oxidation sites excluding steroid dienone is 3. The van der Waals surface area contributed by atoms with Crippen LogP contribution in [0.2, 0.25) is 0 Å². The molecule has 0 radical (unpaired) electrons. The highest BCUT2D eigenvalue weighted by Crippen LogP contribution is 2.15. The first-order valence-corrected chi connectivity index (χ1v) is 8.51. The summed E-state index contributed by atoms with van der Waals surface area (Å²) in [6.45, 7) is 7.43. The highest BCUT2D eigenvalue weighted by Gasteiger charge is 2.04. The van der Waals surface area contributed by atoms with Gasteiger partial charge in [-0.25, -0.2) is 4.68 Å². The molecule has 2 rings (SSSR count). The molecule has 0 unspecified atom stereocenters. The van der Waals surface area contributed by atoms with E-state index in [0.717, 1.165) is 30.0 Å². The molecule has 1 heterocycles. The maximum absolute atomic E-state index is 5.68. The molecular weight excluding hydrogens is 314 g/mol. The molecule has 0 fully saturated rings. The Morgan fingerprint density at radius 2 is 2.04 bits per heavy atom. The van der Waals surface area contributed by atoms with E-state index in [1.807, 2.05) is 30.5 Å². The zero-order valence-corrected chi connectivity index (χ0v) is 15.5. The van der Waals surface area contributed by atoms with E-state index in [9.17, 15) is 0 Å². The van der Waals surface area contributed by atoms with Crippen LogP contribution in [-0.2, 0) is 11.3 Å². The molecular formula is C20H27N3O2. The van der Waals surface area contributed by atoms with Crippen LogP contribution in [-0.4, -0.2) is 28.7 Å². The quantitative estimate of drug-likeness (QED) is 0.498. The van der Waals surface area contributed by atoms with Crippen LogP contribution in [0.3, 0.4) is 0 Å². The number of rotatable bonds is 9. The van der Waals surface area contributed by atoms with Gasteiger partial charge in [0.05, 0.1) is 32.2 Å². The third-order valence-corrected chi connectivity index (χ3v) is 3.75. The van der Waals surface area contributed by atoms with Crippen LogP contribution in [0.5, 0.6) is 5.75 Å². The minimum absolute atomic E-state index is 0.446. The molecule has 1 aromatic carbocycles. The number of hydrogen-bond donors (Lipinski definition) is 0. The molecule has 1 aromatic heterocycles. The van der Waals surface area contributed by atoms with E-state index in [4.69, 9.17) is 9.47 Å². The number of ether oxygens (including phenoxy) is 2. The van der Waals surface area contributed by atoms with Crippen molar-refractivity contribution in [1.29, 1.82) is 0 Å². The normalized spacial score (nSPS) is 11.4. The summed E-state index contributed by atoms with van der Waals surface area (Å²) in [6.07, 6.45) is 8.42. The fourth-order valence-corrected chi connectivity index (χ4v) is 2.30. The van der Waals surface area contributed by atoms with Gasteiger partial charge in [0.2, 0.25) is 0 Å². The van der Waals surface area contributed by atoms with Crippen LogP contribution >= 0.6 is 0 Å². The number of methoxy groups -OCH3 is 1. The zero-order valence-electron chi connectivity index (χ0n) is 15.5. The third-order valence-electron chi connectivity index (χ3n) is 3.75. The van der Waals surface area contributed by atoms with Crippen LogP contribution in [0, 0.1) is 0 Å². The van der Waals surface area contributed by atoms with Crippen LogP contribution in [0.25, 0.3) is 5.69 Å². The van der Waals surface area contributed by atoms with Gasteiger partial charge in [0.1, 0.15) is 11.4 Å². The summed E-state index contributed by atoms with van der Waals surface area (Å²) >= 11 is 0. The van der Waals surface area contributed by atoms with Gasteiger partial charge >= 0.3 is 0 Å². The second-order valence-electron chi connectivity index (χ2n) is 6.24. The Kier molecular flexibility index (Phi) is 7.41. The number of nitrogens with zero attached hydrogens (tertiary/aromatic N) is 3. The summed E-state index contributed by atoms with van der Waals surface area (Å²) in [6, 6.07) is 7.70. The summed E-state index contributed by atoms with van der Waals surface area (Å²) in [7, 11) is 1.65. The topological polar surface area (TPSA) is 49.2 Å². The first kappa shape index (κ1) is 18.9. The predicted octanol–water partition coefficient (Wildman–Crippen LogP) is 4.49. The molecule has 0 aliphatic carbocycles. The molecule has 0 aliphatic rings. The van der Waals surface area contributed by atoms with E-state index in [1.54, 1.807) is 11.8 Å². The highest BCUT2D eigenvalue weighted by molar-refractivity contribution is 5.38. The summed E-state index contributed by atoms with van der Waals surface area (Å²) in [4.78, 5) is 0. The molecule has 0 bridgehead atoms. The average Bonchev–Trinajstić information content (AvgIpc) is 3.07. The molecule has 0 aliphatic heterocycles. The van der Waals surface area contributed by atoms with E-state index >= 15 is 0 Å². The van der Waals surface area contributed by atoms with Gasteiger partial charge in [-0.2, -0.15) is 0 Å². The summed E-state index contributed by atoms with van der Waals surface area (Å²) in [5, 5.41) is 8.29. The van der Waals surface area contributed by atoms with Crippen LogP contribution < -0.4 is 4.74 Å². The maximum Gasteiger partial charge on any atom is 0.121 e. The maximum atomic E-state index is 5.68. The van der Waals surface area contributed by atoms with Gasteiger partial charge in [-0.3, -0.25) is 0 Å². The van der Waals surface area contributed by atoms with Crippen LogP contribution in [0.4, 0.5) is 0 Å². The van der Waals surface area contributed by atoms with E-state index in [-0.39, 0.29) is 0 Å². The monoisotopic (exact) mass is 341 g/mol. The first-order valence-electron chi connectivity index (χ1n) is 8.51. The van der Waals surface area contributed by atoms with Crippen molar-refractivity contribution in [3.8, 4) is 11.4 Å². The van der Waals surface area contributed by atoms with Crippen molar-refractivity contribution >= 4 is 0 Å². The minimum atomic E-state index is 0.446. The van der Waals surface area contributed by atoms with Gasteiger partial charge in [-0.1, -0.05) is 34.6 Å². The molecule has 0 N–H and O–H groups in total. The highest BCUT2D eigenvalue weighted by atomic mass is 16.5. The van der Waals surface area contributed by atoms with Gasteiger partial charge in [0.15, 0.2) is 0 Å². The Labute approximate surface area is 150 Å². The molecule has 0 saturated heterocycles. The van der Waals surface area contributed by atoms with Gasteiger partial charge in [0, 0.05) is 6.07 Å². The lowest BCUT2D eigenvalue weighted by Crippen LogP contribution is -1.95. The van der Waals surface area contributed by atoms with Gasteiger partial charge in [-0.05, 0) is 45.7 Å². The average molecular weight is 341 g/mol. The standard InChI is InChI=1S/C20H27N3O2/c1-16(2)7-5-8-17(3)11-12-25-15-18-14-23(22-21-18)19-9-6-10-20(13-19)24-4/h6-7,9-11,13-14H,5,8,12,15H2,1-4H3/b17-11+. The zero-order chi connectivity index (χ0) is 18.1. The second-order valence-corrected chi connectivity index (χ2v) is 6.24. The van der Waals surface area contributed by atoms with Gasteiger partial charge in [-0.15, -0.1) is 5.10 Å². The second kappa shape index (κ2) is 9.79. The molecule has 0 amide bonds. The molecule has 0 spiro atoms. The predicted molar refractivity (Wildman–Crippen MR) is 100.0 cm³/mol. The lowest BCUT2D eigenvalue weighted by molar-refractivity contribution is 0.145. The van der Waals surface area contributed by atoms with Crippen molar-refractivity contribution in [3.05, 3.63) is 59.5 Å². The molecule has 5 nitrogen and oxygen atoms in total. The van der Waals surface area contributed by atoms with Crippen molar-refractivity contribution < 1.29 is 9.47 Å². The van der Waals surface area contributed by atoms with Crippen LogP contribution in [0.15, 0.2) is 53.8 Å². The fourth-order valence-electron chi connectivity index (χ4n) is 2.30. The lowest BCUT2D eigenvalue weighted by atomic mass is 10.1. The minimum Gasteiger partial charge on any atom is -0.497 e. The molecule has 134 valence electrons. The fraction of sp³-hybridized carbons (Fsp3) is 0.400. The summed E-state index contributed by atoms with van der Waals surface area (Å²) in [5.41, 5.74) is 4.42. The molecule has 25 heavy (non-hydrogen) atoms. The van der Waals surface area contributed by atoms with Crippen LogP contribution in [0.1, 0.15) is 39.3 Å². The van der Waals surface area contributed by atoms with E-state index in [1.165, 1.54) is 11.1 Å². The van der Waals surface area contributed by atoms with Crippen molar-refractivity contribution in [3.63, 3.8) is 0 Å². The van der Waals surface area contributed by atoms with E-state index in [2.05, 4.69) is 43.2 Å². The smallest absolute Gasteiger partial charge is 0.121 e. The molecule has 0 saturated carbocycles. The number of hydrogen-bond acceptors (Lipinski definition) is 4. The molecule has 2 aromatic rings. The Balaban J connectivity index is 1.80. The van der Waals surface area contributed by atoms with Crippen molar-refractivity contribution in [1.82, 2.24) is 15.0 Å². The van der Waals surface area contributed by atoms with Crippen molar-refractivity contribution in [2.75, 3.05) is 13.7 Å². The largest absolute Gasteiger partial charge is 0.497 e. The van der Waals surface area contributed by atoms with Crippen molar-refractivity contribution in [2.24, 2.45) is 0 Å². The SMILES string of the molecule is COc1cccc(-n2cc(COC/C=C(\C)CCC=C(C)C)nn2)c1. The number of benzene rings is 1. The van der Waals surface area contributed by atoms with E-state index in [0.29, 0.717) is 13.2 Å². The Bertz CT molecular complexity index is 728. The first-order chi connectivity index (χ1) is 12.1. The molecule has 5 heteroatoms. The van der Waals surface area contributed by atoms with E-state index < -0.39 is 0 Å². The Morgan fingerprint density at radius 1 is 1.20 bits per heavy atom. The summed E-state index contributed by atoms with van der Waals surface area (Å²) in [5.74, 6) is 0.791. The summed E-state index contributed by atoms with van der Waals surface area (Å²) < 4.78 is 12.6. The lowest BCUT2D eigenvalue weighted by Gasteiger charge is -2.03. The number of aromatic nitrogens is 3. The molecule has 0 atom stereocenters. The van der Waals surface area contributed by atoms with Gasteiger partial charge in [0.25, 0.3) is 0 Å². The van der Waals surface area contributed by atoms with Gasteiger partial charge < -0.3 is 9.47 Å².